The lowest BCUT2D eigenvalue weighted by Crippen LogP contribution is -2.39. The van der Waals surface area contributed by atoms with E-state index in [0.29, 0.717) is 42.8 Å². The molecule has 0 aliphatic carbocycles. The molecule has 4 rings (SSSR count). The third-order valence-electron chi connectivity index (χ3n) is 4.17. The largest absolute Gasteiger partial charge is 0.486 e. The molecule has 0 spiro atoms. The molecule has 1 aromatic heterocycles. The van der Waals surface area contributed by atoms with Crippen molar-refractivity contribution in [1.82, 2.24) is 10.2 Å². The SMILES string of the molecule is O=C(CN1C(=O)CS[C@@H]1c1ccc2c(c1)OCCO2)NCc1ccco1. The van der Waals surface area contributed by atoms with Crippen LogP contribution < -0.4 is 14.8 Å². The van der Waals surface area contributed by atoms with E-state index >= 15 is 0 Å². The molecule has 1 atom stereocenters. The molecule has 1 aromatic carbocycles. The first-order valence-electron chi connectivity index (χ1n) is 8.30. The quantitative estimate of drug-likeness (QED) is 0.862. The number of thioether (sulfide) groups is 1. The molecule has 0 radical (unpaired) electrons. The minimum absolute atomic E-state index is 0.00561. The number of nitrogens with zero attached hydrogens (tertiary/aromatic N) is 1. The van der Waals surface area contributed by atoms with Crippen molar-refractivity contribution < 1.29 is 23.5 Å². The van der Waals surface area contributed by atoms with Crippen LogP contribution in [0.25, 0.3) is 0 Å². The molecule has 1 saturated heterocycles. The molecule has 1 fully saturated rings. The van der Waals surface area contributed by atoms with Crippen LogP contribution in [-0.2, 0) is 16.1 Å². The highest BCUT2D eigenvalue weighted by molar-refractivity contribution is 8.00. The van der Waals surface area contributed by atoms with Crippen molar-refractivity contribution in [3.8, 4) is 11.5 Å². The summed E-state index contributed by atoms with van der Waals surface area (Å²) < 4.78 is 16.3. The molecular formula is C18H18N2O5S. The van der Waals surface area contributed by atoms with E-state index in [2.05, 4.69) is 5.32 Å². The summed E-state index contributed by atoms with van der Waals surface area (Å²) in [6.45, 7) is 1.35. The number of rotatable bonds is 5. The minimum Gasteiger partial charge on any atom is -0.486 e. The minimum atomic E-state index is -0.222. The van der Waals surface area contributed by atoms with Gasteiger partial charge in [0.05, 0.1) is 18.6 Å². The molecule has 26 heavy (non-hydrogen) atoms. The Kier molecular flexibility index (Phi) is 4.75. The molecule has 0 saturated carbocycles. The normalized spacial score (nSPS) is 18.8. The van der Waals surface area contributed by atoms with Crippen molar-refractivity contribution >= 4 is 23.6 Å². The van der Waals surface area contributed by atoms with Crippen molar-refractivity contribution in [1.29, 1.82) is 0 Å². The zero-order valence-electron chi connectivity index (χ0n) is 14.0. The average molecular weight is 374 g/mol. The van der Waals surface area contributed by atoms with Gasteiger partial charge in [0.1, 0.15) is 30.9 Å². The third-order valence-corrected chi connectivity index (χ3v) is 5.43. The molecule has 0 bridgehead atoms. The summed E-state index contributed by atoms with van der Waals surface area (Å²) in [6, 6.07) is 9.20. The van der Waals surface area contributed by atoms with Gasteiger partial charge in [-0.05, 0) is 29.8 Å². The highest BCUT2D eigenvalue weighted by Crippen LogP contribution is 2.41. The van der Waals surface area contributed by atoms with E-state index < -0.39 is 0 Å². The number of benzene rings is 1. The lowest BCUT2D eigenvalue weighted by atomic mass is 10.1. The summed E-state index contributed by atoms with van der Waals surface area (Å²) in [5.41, 5.74) is 0.920. The molecular weight excluding hydrogens is 356 g/mol. The monoisotopic (exact) mass is 374 g/mol. The number of hydrogen-bond acceptors (Lipinski definition) is 6. The average Bonchev–Trinajstić information content (AvgIpc) is 3.30. The summed E-state index contributed by atoms with van der Waals surface area (Å²) in [5.74, 6) is 2.13. The van der Waals surface area contributed by atoms with E-state index in [1.807, 2.05) is 18.2 Å². The van der Waals surface area contributed by atoms with Gasteiger partial charge in [0.2, 0.25) is 11.8 Å². The molecule has 2 aromatic rings. The van der Waals surface area contributed by atoms with E-state index in [4.69, 9.17) is 13.9 Å². The van der Waals surface area contributed by atoms with Crippen LogP contribution in [0.15, 0.2) is 41.0 Å². The van der Waals surface area contributed by atoms with Crippen LogP contribution in [0.5, 0.6) is 11.5 Å². The predicted octanol–water partition coefficient (Wildman–Crippen LogP) is 1.94. The number of carbonyl (C=O) groups excluding carboxylic acids is 2. The second-order valence-corrected chi connectivity index (χ2v) is 7.01. The fraction of sp³-hybridized carbons (Fsp3) is 0.333. The van der Waals surface area contributed by atoms with Gasteiger partial charge in [-0.15, -0.1) is 11.8 Å². The summed E-state index contributed by atoms with van der Waals surface area (Å²) in [4.78, 5) is 26.1. The van der Waals surface area contributed by atoms with Crippen LogP contribution in [-0.4, -0.2) is 42.2 Å². The number of hydrogen-bond donors (Lipinski definition) is 1. The van der Waals surface area contributed by atoms with Crippen LogP contribution in [0.4, 0.5) is 0 Å². The lowest BCUT2D eigenvalue weighted by molar-refractivity contribution is -0.133. The van der Waals surface area contributed by atoms with E-state index in [0.717, 1.165) is 5.56 Å². The maximum atomic E-state index is 12.3. The van der Waals surface area contributed by atoms with Gasteiger partial charge in [-0.3, -0.25) is 9.59 Å². The van der Waals surface area contributed by atoms with E-state index in [1.54, 1.807) is 23.3 Å². The predicted molar refractivity (Wildman–Crippen MR) is 94.9 cm³/mol. The highest BCUT2D eigenvalue weighted by atomic mass is 32.2. The molecule has 1 N–H and O–H groups in total. The Hall–Kier alpha value is -2.61. The first-order chi connectivity index (χ1) is 12.7. The Labute approximate surface area is 154 Å². The number of furan rings is 1. The van der Waals surface area contributed by atoms with Crippen molar-refractivity contribution in [2.24, 2.45) is 0 Å². The molecule has 2 aliphatic heterocycles. The number of carbonyl (C=O) groups is 2. The Balaban J connectivity index is 1.44. The molecule has 3 heterocycles. The standard InChI is InChI=1S/C18H18N2O5S/c21-16(19-9-13-2-1-5-23-13)10-20-17(22)11-26-18(20)12-3-4-14-15(8-12)25-7-6-24-14/h1-5,8,18H,6-7,9-11H2,(H,19,21)/t18-/m1/s1. The van der Waals surface area contributed by atoms with Gasteiger partial charge in [0.25, 0.3) is 0 Å². The smallest absolute Gasteiger partial charge is 0.240 e. The first kappa shape index (κ1) is 16.8. The fourth-order valence-corrected chi connectivity index (χ4v) is 4.10. The number of amides is 2. The van der Waals surface area contributed by atoms with Crippen LogP contribution in [0, 0.1) is 0 Å². The van der Waals surface area contributed by atoms with Gasteiger partial charge >= 0.3 is 0 Å². The second-order valence-electron chi connectivity index (χ2n) is 5.94. The summed E-state index contributed by atoms with van der Waals surface area (Å²) in [5, 5.41) is 2.56. The van der Waals surface area contributed by atoms with Gasteiger partial charge in [-0.25, -0.2) is 0 Å². The Bertz CT molecular complexity index is 808. The van der Waals surface area contributed by atoms with Gasteiger partial charge in [-0.1, -0.05) is 6.07 Å². The Morgan fingerprint density at radius 1 is 1.23 bits per heavy atom. The first-order valence-corrected chi connectivity index (χ1v) is 9.35. The number of ether oxygens (including phenoxy) is 2. The Morgan fingerprint density at radius 3 is 2.88 bits per heavy atom. The van der Waals surface area contributed by atoms with Crippen molar-refractivity contribution in [3.05, 3.63) is 47.9 Å². The van der Waals surface area contributed by atoms with E-state index in [9.17, 15) is 9.59 Å². The Morgan fingerprint density at radius 2 is 2.08 bits per heavy atom. The van der Waals surface area contributed by atoms with Gasteiger partial charge in [0, 0.05) is 0 Å². The molecule has 2 amide bonds. The van der Waals surface area contributed by atoms with Crippen molar-refractivity contribution in [3.63, 3.8) is 0 Å². The maximum Gasteiger partial charge on any atom is 0.240 e. The maximum absolute atomic E-state index is 12.3. The topological polar surface area (TPSA) is 81.0 Å². The van der Waals surface area contributed by atoms with E-state index in [-0.39, 0.29) is 23.7 Å². The second kappa shape index (κ2) is 7.33. The van der Waals surface area contributed by atoms with E-state index in [1.165, 1.54) is 11.8 Å². The fourth-order valence-electron chi connectivity index (χ4n) is 2.92. The van der Waals surface area contributed by atoms with Crippen molar-refractivity contribution in [2.45, 2.75) is 11.9 Å². The van der Waals surface area contributed by atoms with Crippen LogP contribution in [0.2, 0.25) is 0 Å². The highest BCUT2D eigenvalue weighted by Gasteiger charge is 2.34. The summed E-state index contributed by atoms with van der Waals surface area (Å²) >= 11 is 1.50. The zero-order valence-corrected chi connectivity index (χ0v) is 14.8. The number of nitrogens with one attached hydrogen (secondary N) is 1. The van der Waals surface area contributed by atoms with Gasteiger partial charge in [-0.2, -0.15) is 0 Å². The molecule has 7 nitrogen and oxygen atoms in total. The van der Waals surface area contributed by atoms with Crippen LogP contribution in [0.3, 0.4) is 0 Å². The van der Waals surface area contributed by atoms with Crippen molar-refractivity contribution in [2.75, 3.05) is 25.5 Å². The summed E-state index contributed by atoms with van der Waals surface area (Å²) in [7, 11) is 0. The molecule has 2 aliphatic rings. The molecule has 136 valence electrons. The van der Waals surface area contributed by atoms with Crippen LogP contribution in [0.1, 0.15) is 16.7 Å². The van der Waals surface area contributed by atoms with Crippen LogP contribution >= 0.6 is 11.8 Å². The van der Waals surface area contributed by atoms with Gasteiger partial charge in [0.15, 0.2) is 11.5 Å². The molecule has 0 unspecified atom stereocenters. The third kappa shape index (κ3) is 3.50. The summed E-state index contributed by atoms with van der Waals surface area (Å²) in [6.07, 6.45) is 1.56. The number of fused-ring (bicyclic) bond motifs is 1. The van der Waals surface area contributed by atoms with Gasteiger partial charge < -0.3 is 24.1 Å². The molecule has 8 heteroatoms. The zero-order chi connectivity index (χ0) is 17.9. The lowest BCUT2D eigenvalue weighted by Gasteiger charge is -2.25.